The molecule has 0 saturated carbocycles. The number of hydrogen-bond acceptors (Lipinski definition) is 5. The highest BCUT2D eigenvalue weighted by atomic mass is 16.5. The molecular formula is C27H27N3O5. The second-order valence-electron chi connectivity index (χ2n) is 8.14. The highest BCUT2D eigenvalue weighted by molar-refractivity contribution is 5.96. The summed E-state index contributed by atoms with van der Waals surface area (Å²) in [6.07, 6.45) is 0.120. The second kappa shape index (κ2) is 11.7. The molecule has 1 aliphatic heterocycles. The van der Waals surface area contributed by atoms with Crippen molar-refractivity contribution in [1.29, 1.82) is 0 Å². The first-order chi connectivity index (χ1) is 17.1. The normalized spacial score (nSPS) is 14.9. The van der Waals surface area contributed by atoms with Crippen molar-refractivity contribution in [3.8, 4) is 11.5 Å². The minimum absolute atomic E-state index is 0.0786. The van der Waals surface area contributed by atoms with Gasteiger partial charge in [-0.25, -0.2) is 0 Å². The van der Waals surface area contributed by atoms with E-state index in [1.807, 2.05) is 60.7 Å². The average Bonchev–Trinajstić information content (AvgIpc) is 3.26. The molecule has 3 amide bonds. The molecule has 1 unspecified atom stereocenters. The Morgan fingerprint density at radius 3 is 2.06 bits per heavy atom. The molecule has 1 heterocycles. The highest BCUT2D eigenvalue weighted by Gasteiger charge is 2.34. The van der Waals surface area contributed by atoms with Crippen molar-refractivity contribution in [1.82, 2.24) is 15.8 Å². The van der Waals surface area contributed by atoms with Gasteiger partial charge in [-0.3, -0.25) is 25.2 Å². The maximum Gasteiger partial charge on any atom is 0.269 e. The van der Waals surface area contributed by atoms with E-state index in [4.69, 9.17) is 9.47 Å². The molecule has 8 heteroatoms. The van der Waals surface area contributed by atoms with Gasteiger partial charge in [-0.15, -0.1) is 0 Å². The van der Waals surface area contributed by atoms with Crippen LogP contribution in [0.4, 0.5) is 0 Å². The van der Waals surface area contributed by atoms with E-state index in [9.17, 15) is 14.4 Å². The summed E-state index contributed by atoms with van der Waals surface area (Å²) in [6, 6.07) is 25.6. The van der Waals surface area contributed by atoms with Gasteiger partial charge in [0.1, 0.15) is 24.7 Å². The zero-order chi connectivity index (χ0) is 24.5. The lowest BCUT2D eigenvalue weighted by molar-refractivity contribution is -0.129. The fourth-order valence-electron chi connectivity index (χ4n) is 3.74. The number of ether oxygens (including phenoxy) is 2. The zero-order valence-corrected chi connectivity index (χ0v) is 19.2. The van der Waals surface area contributed by atoms with Crippen molar-refractivity contribution in [2.45, 2.75) is 13.0 Å². The lowest BCUT2D eigenvalue weighted by atomic mass is 10.1. The number of benzene rings is 3. The number of amides is 3. The van der Waals surface area contributed by atoms with E-state index in [-0.39, 0.29) is 18.2 Å². The lowest BCUT2D eigenvalue weighted by Gasteiger charge is -2.16. The largest absolute Gasteiger partial charge is 0.490 e. The molecule has 0 aliphatic carbocycles. The standard InChI is InChI=1S/C27H27N3O5/c31-25-17-22(19-30(25)18-20-7-3-1-4-8-20)27(33)29-28-26(32)21-11-13-24(14-12-21)35-16-15-34-23-9-5-2-6-10-23/h1-14,22H,15-19H2,(H,28,32)(H,29,33). The number of para-hydroxylation sites is 1. The number of rotatable bonds is 9. The van der Waals surface area contributed by atoms with Gasteiger partial charge in [-0.05, 0) is 42.0 Å². The van der Waals surface area contributed by atoms with Crippen molar-refractivity contribution < 1.29 is 23.9 Å². The van der Waals surface area contributed by atoms with Crippen LogP contribution in [0.5, 0.6) is 11.5 Å². The molecule has 2 N–H and O–H groups in total. The summed E-state index contributed by atoms with van der Waals surface area (Å²) in [6.45, 7) is 1.53. The number of hydrogen-bond donors (Lipinski definition) is 2. The van der Waals surface area contributed by atoms with Crippen molar-refractivity contribution in [2.75, 3.05) is 19.8 Å². The van der Waals surface area contributed by atoms with E-state index in [0.717, 1.165) is 11.3 Å². The third-order valence-electron chi connectivity index (χ3n) is 5.58. The zero-order valence-electron chi connectivity index (χ0n) is 19.2. The number of hydrazine groups is 1. The number of nitrogens with one attached hydrogen (secondary N) is 2. The Hall–Kier alpha value is -4.33. The summed E-state index contributed by atoms with van der Waals surface area (Å²) in [5, 5.41) is 0. The summed E-state index contributed by atoms with van der Waals surface area (Å²) in [7, 11) is 0. The Bertz CT molecular complexity index is 1140. The van der Waals surface area contributed by atoms with Crippen molar-refractivity contribution in [3.05, 3.63) is 96.1 Å². The molecule has 1 atom stereocenters. The first kappa shape index (κ1) is 23.8. The van der Waals surface area contributed by atoms with E-state index in [0.29, 0.717) is 37.6 Å². The van der Waals surface area contributed by atoms with Crippen LogP contribution in [0.3, 0.4) is 0 Å². The molecule has 1 aliphatic rings. The second-order valence-corrected chi connectivity index (χ2v) is 8.14. The fourth-order valence-corrected chi connectivity index (χ4v) is 3.74. The van der Waals surface area contributed by atoms with E-state index in [1.165, 1.54) is 0 Å². The van der Waals surface area contributed by atoms with E-state index < -0.39 is 11.8 Å². The van der Waals surface area contributed by atoms with Gasteiger partial charge in [0.2, 0.25) is 11.8 Å². The third kappa shape index (κ3) is 6.83. The predicted molar refractivity (Wildman–Crippen MR) is 129 cm³/mol. The van der Waals surface area contributed by atoms with Crippen molar-refractivity contribution in [3.63, 3.8) is 0 Å². The van der Waals surface area contributed by atoms with Gasteiger partial charge in [0, 0.05) is 25.1 Å². The molecular weight excluding hydrogens is 446 g/mol. The van der Waals surface area contributed by atoms with Crippen LogP contribution in [0, 0.1) is 5.92 Å². The number of likely N-dealkylation sites (tertiary alicyclic amines) is 1. The third-order valence-corrected chi connectivity index (χ3v) is 5.58. The van der Waals surface area contributed by atoms with Gasteiger partial charge >= 0.3 is 0 Å². The Labute approximate surface area is 203 Å². The molecule has 4 rings (SSSR count). The Balaban J connectivity index is 1.18. The quantitative estimate of drug-likeness (QED) is 0.368. The van der Waals surface area contributed by atoms with E-state index >= 15 is 0 Å². The monoisotopic (exact) mass is 473 g/mol. The maximum atomic E-state index is 12.5. The van der Waals surface area contributed by atoms with Gasteiger partial charge in [0.15, 0.2) is 0 Å². The lowest BCUT2D eigenvalue weighted by Crippen LogP contribution is -2.45. The summed E-state index contributed by atoms with van der Waals surface area (Å²) in [5.41, 5.74) is 6.22. The van der Waals surface area contributed by atoms with Crippen LogP contribution >= 0.6 is 0 Å². The number of nitrogens with zero attached hydrogens (tertiary/aromatic N) is 1. The predicted octanol–water partition coefficient (Wildman–Crippen LogP) is 2.95. The molecule has 0 aromatic heterocycles. The topological polar surface area (TPSA) is 97.0 Å². The molecule has 3 aromatic rings. The minimum Gasteiger partial charge on any atom is -0.490 e. The smallest absolute Gasteiger partial charge is 0.269 e. The van der Waals surface area contributed by atoms with Crippen LogP contribution < -0.4 is 20.3 Å². The minimum atomic E-state index is -0.514. The summed E-state index contributed by atoms with van der Waals surface area (Å²) >= 11 is 0. The Kier molecular flexibility index (Phi) is 7.96. The first-order valence-corrected chi connectivity index (χ1v) is 11.4. The van der Waals surface area contributed by atoms with Crippen LogP contribution in [0.2, 0.25) is 0 Å². The van der Waals surface area contributed by atoms with Crippen LogP contribution in [0.1, 0.15) is 22.3 Å². The van der Waals surface area contributed by atoms with E-state index in [2.05, 4.69) is 10.9 Å². The first-order valence-electron chi connectivity index (χ1n) is 11.4. The van der Waals surface area contributed by atoms with Crippen LogP contribution in [-0.2, 0) is 16.1 Å². The van der Waals surface area contributed by atoms with Crippen molar-refractivity contribution in [2.24, 2.45) is 5.92 Å². The summed E-state index contributed by atoms with van der Waals surface area (Å²) < 4.78 is 11.2. The fraction of sp³-hybridized carbons (Fsp3) is 0.222. The van der Waals surface area contributed by atoms with Crippen molar-refractivity contribution >= 4 is 17.7 Å². The van der Waals surface area contributed by atoms with Gasteiger partial charge in [0.05, 0.1) is 5.92 Å². The molecule has 8 nitrogen and oxygen atoms in total. The summed E-state index contributed by atoms with van der Waals surface area (Å²) in [5.74, 6) is -0.0600. The van der Waals surface area contributed by atoms with Crippen LogP contribution in [0.15, 0.2) is 84.9 Å². The van der Waals surface area contributed by atoms with E-state index in [1.54, 1.807) is 29.2 Å². The molecule has 35 heavy (non-hydrogen) atoms. The Morgan fingerprint density at radius 2 is 1.40 bits per heavy atom. The van der Waals surface area contributed by atoms with Crippen LogP contribution in [-0.4, -0.2) is 42.4 Å². The molecule has 0 bridgehead atoms. The highest BCUT2D eigenvalue weighted by Crippen LogP contribution is 2.20. The molecule has 180 valence electrons. The molecule has 1 saturated heterocycles. The summed E-state index contributed by atoms with van der Waals surface area (Å²) in [4.78, 5) is 38.8. The maximum absolute atomic E-state index is 12.5. The molecule has 3 aromatic carbocycles. The molecule has 1 fully saturated rings. The molecule has 0 spiro atoms. The average molecular weight is 474 g/mol. The Morgan fingerprint density at radius 1 is 0.800 bits per heavy atom. The van der Waals surface area contributed by atoms with Crippen LogP contribution in [0.25, 0.3) is 0 Å². The SMILES string of the molecule is O=C(NNC(=O)C1CC(=O)N(Cc2ccccc2)C1)c1ccc(OCCOc2ccccc2)cc1. The number of carbonyl (C=O) groups is 3. The van der Waals surface area contributed by atoms with Gasteiger partial charge < -0.3 is 14.4 Å². The van der Waals surface area contributed by atoms with Gasteiger partial charge in [-0.2, -0.15) is 0 Å². The number of carbonyl (C=O) groups excluding carboxylic acids is 3. The van der Waals surface area contributed by atoms with Gasteiger partial charge in [-0.1, -0.05) is 48.5 Å². The molecule has 0 radical (unpaired) electrons. The van der Waals surface area contributed by atoms with Gasteiger partial charge in [0.25, 0.3) is 5.91 Å².